The lowest BCUT2D eigenvalue weighted by Gasteiger charge is -2.22. The monoisotopic (exact) mass is 277 g/mol. The highest BCUT2D eigenvalue weighted by molar-refractivity contribution is 5.79. The summed E-state index contributed by atoms with van der Waals surface area (Å²) in [6.07, 6.45) is 2.37. The van der Waals surface area contributed by atoms with Crippen molar-refractivity contribution in [2.24, 2.45) is 4.99 Å². The minimum Gasteiger partial charge on any atom is -0.496 e. The minimum absolute atomic E-state index is 0.772. The van der Waals surface area contributed by atoms with Gasteiger partial charge < -0.3 is 15.0 Å². The summed E-state index contributed by atoms with van der Waals surface area (Å²) in [5, 5.41) is 3.39. The van der Waals surface area contributed by atoms with Crippen molar-refractivity contribution in [1.82, 2.24) is 10.2 Å². The Hall–Kier alpha value is -1.71. The summed E-state index contributed by atoms with van der Waals surface area (Å²) in [4.78, 5) is 6.49. The van der Waals surface area contributed by atoms with Gasteiger partial charge in [0, 0.05) is 27.2 Å². The van der Waals surface area contributed by atoms with Crippen molar-refractivity contribution in [3.05, 3.63) is 29.3 Å². The molecule has 0 aliphatic carbocycles. The van der Waals surface area contributed by atoms with Crippen molar-refractivity contribution >= 4 is 5.96 Å². The predicted octanol–water partition coefficient (Wildman–Crippen LogP) is 2.81. The largest absolute Gasteiger partial charge is 0.496 e. The van der Waals surface area contributed by atoms with E-state index in [1.807, 2.05) is 13.1 Å². The molecule has 0 saturated carbocycles. The molecule has 0 amide bonds. The van der Waals surface area contributed by atoms with Gasteiger partial charge in [-0.25, -0.2) is 0 Å². The number of unbranched alkanes of at least 4 members (excludes halogenated alkanes) is 1. The number of ether oxygens (including phenoxy) is 1. The molecule has 0 bridgehead atoms. The molecule has 1 rings (SSSR count). The van der Waals surface area contributed by atoms with Crippen molar-refractivity contribution in [1.29, 1.82) is 0 Å². The summed E-state index contributed by atoms with van der Waals surface area (Å²) in [6.45, 7) is 6.06. The Bertz CT molecular complexity index is 443. The average molecular weight is 277 g/mol. The van der Waals surface area contributed by atoms with Crippen LogP contribution < -0.4 is 10.1 Å². The molecule has 0 heterocycles. The number of hydrogen-bond donors (Lipinski definition) is 1. The molecule has 0 unspecified atom stereocenters. The van der Waals surface area contributed by atoms with Crippen LogP contribution in [0.2, 0.25) is 0 Å². The van der Waals surface area contributed by atoms with E-state index in [0.29, 0.717) is 0 Å². The van der Waals surface area contributed by atoms with Crippen LogP contribution in [0.5, 0.6) is 5.75 Å². The number of benzene rings is 1. The Morgan fingerprint density at radius 3 is 2.70 bits per heavy atom. The zero-order valence-corrected chi connectivity index (χ0v) is 13.4. The van der Waals surface area contributed by atoms with E-state index < -0.39 is 0 Å². The predicted molar refractivity (Wildman–Crippen MR) is 85.5 cm³/mol. The molecule has 112 valence electrons. The Balaban J connectivity index is 2.58. The molecule has 0 aromatic heterocycles. The number of hydrogen-bond acceptors (Lipinski definition) is 2. The Morgan fingerprint density at radius 2 is 2.15 bits per heavy atom. The second-order valence-corrected chi connectivity index (χ2v) is 4.98. The van der Waals surface area contributed by atoms with Gasteiger partial charge in [-0.2, -0.15) is 0 Å². The fourth-order valence-electron chi connectivity index (χ4n) is 2.12. The Labute approximate surface area is 122 Å². The molecule has 0 atom stereocenters. The highest BCUT2D eigenvalue weighted by atomic mass is 16.5. The lowest BCUT2D eigenvalue weighted by molar-refractivity contribution is 0.411. The van der Waals surface area contributed by atoms with E-state index in [1.165, 1.54) is 18.4 Å². The molecule has 1 N–H and O–H groups in total. The van der Waals surface area contributed by atoms with Gasteiger partial charge in [0.25, 0.3) is 0 Å². The zero-order valence-electron chi connectivity index (χ0n) is 13.4. The molecule has 0 fully saturated rings. The summed E-state index contributed by atoms with van der Waals surface area (Å²) < 4.78 is 5.28. The van der Waals surface area contributed by atoms with E-state index in [0.717, 1.165) is 30.4 Å². The lowest BCUT2D eigenvalue weighted by Crippen LogP contribution is -2.38. The lowest BCUT2D eigenvalue weighted by atomic mass is 10.1. The van der Waals surface area contributed by atoms with Crippen molar-refractivity contribution in [3.63, 3.8) is 0 Å². The summed E-state index contributed by atoms with van der Waals surface area (Å²) in [7, 11) is 5.60. The van der Waals surface area contributed by atoms with Gasteiger partial charge in [-0.3, -0.25) is 4.99 Å². The molecule has 0 aliphatic rings. The van der Waals surface area contributed by atoms with E-state index in [-0.39, 0.29) is 0 Å². The highest BCUT2D eigenvalue weighted by Gasteiger charge is 2.05. The maximum absolute atomic E-state index is 5.28. The maximum atomic E-state index is 5.28. The van der Waals surface area contributed by atoms with Crippen LogP contribution in [0.25, 0.3) is 0 Å². The van der Waals surface area contributed by atoms with Crippen LogP contribution in [0, 0.1) is 6.92 Å². The first-order valence-corrected chi connectivity index (χ1v) is 7.17. The number of aliphatic imine (C=N–C) groups is 1. The number of rotatable bonds is 6. The van der Waals surface area contributed by atoms with Gasteiger partial charge in [-0.15, -0.1) is 0 Å². The standard InChI is InChI=1S/C16H27N3O/c1-6-7-10-19(4)16(17-3)18-12-14-8-9-15(20-5)13(2)11-14/h8-9,11H,6-7,10,12H2,1-5H3,(H,17,18). The first kappa shape index (κ1) is 16.3. The van der Waals surface area contributed by atoms with E-state index in [1.54, 1.807) is 7.11 Å². The highest BCUT2D eigenvalue weighted by Crippen LogP contribution is 2.18. The van der Waals surface area contributed by atoms with Crippen molar-refractivity contribution in [2.75, 3.05) is 27.7 Å². The van der Waals surface area contributed by atoms with Crippen molar-refractivity contribution in [2.45, 2.75) is 33.2 Å². The zero-order chi connectivity index (χ0) is 15.0. The van der Waals surface area contributed by atoms with Crippen LogP contribution in [0.3, 0.4) is 0 Å². The van der Waals surface area contributed by atoms with Crippen LogP contribution in [-0.4, -0.2) is 38.6 Å². The van der Waals surface area contributed by atoms with Crippen LogP contribution in [-0.2, 0) is 6.54 Å². The third-order valence-electron chi connectivity index (χ3n) is 3.33. The average Bonchev–Trinajstić information content (AvgIpc) is 2.45. The molecule has 20 heavy (non-hydrogen) atoms. The number of methoxy groups -OCH3 is 1. The van der Waals surface area contributed by atoms with Gasteiger partial charge in [0.15, 0.2) is 5.96 Å². The topological polar surface area (TPSA) is 36.9 Å². The Morgan fingerprint density at radius 1 is 1.40 bits per heavy atom. The van der Waals surface area contributed by atoms with E-state index in [9.17, 15) is 0 Å². The first-order chi connectivity index (χ1) is 9.62. The van der Waals surface area contributed by atoms with Crippen LogP contribution in [0.4, 0.5) is 0 Å². The summed E-state index contributed by atoms with van der Waals surface area (Å²) in [5.41, 5.74) is 2.38. The summed E-state index contributed by atoms with van der Waals surface area (Å²) >= 11 is 0. The van der Waals surface area contributed by atoms with E-state index in [2.05, 4.69) is 48.2 Å². The molecule has 1 aromatic rings. The molecule has 4 heteroatoms. The van der Waals surface area contributed by atoms with Crippen molar-refractivity contribution in [3.8, 4) is 5.75 Å². The second kappa shape index (κ2) is 8.46. The molecular formula is C16H27N3O. The van der Waals surface area contributed by atoms with Gasteiger partial charge in [0.1, 0.15) is 5.75 Å². The fraction of sp³-hybridized carbons (Fsp3) is 0.562. The molecule has 4 nitrogen and oxygen atoms in total. The SMILES string of the molecule is CCCCN(C)C(=NC)NCc1ccc(OC)c(C)c1. The normalized spacial score (nSPS) is 11.3. The quantitative estimate of drug-likeness (QED) is 0.642. The number of guanidine groups is 1. The fourth-order valence-corrected chi connectivity index (χ4v) is 2.12. The Kier molecular flexibility index (Phi) is 6.91. The summed E-state index contributed by atoms with van der Waals surface area (Å²) in [6, 6.07) is 6.24. The maximum Gasteiger partial charge on any atom is 0.193 e. The third-order valence-corrected chi connectivity index (χ3v) is 3.33. The smallest absolute Gasteiger partial charge is 0.193 e. The van der Waals surface area contributed by atoms with E-state index >= 15 is 0 Å². The molecule has 0 spiro atoms. The minimum atomic E-state index is 0.772. The van der Waals surface area contributed by atoms with E-state index in [4.69, 9.17) is 4.74 Å². The summed E-state index contributed by atoms with van der Waals surface area (Å²) in [5.74, 6) is 1.87. The molecule has 0 radical (unpaired) electrons. The second-order valence-electron chi connectivity index (χ2n) is 4.98. The molecule has 0 saturated heterocycles. The van der Waals surface area contributed by atoms with Gasteiger partial charge in [0.05, 0.1) is 7.11 Å². The van der Waals surface area contributed by atoms with Crippen LogP contribution in [0.1, 0.15) is 30.9 Å². The molecule has 0 aliphatic heterocycles. The number of nitrogens with one attached hydrogen (secondary N) is 1. The van der Waals surface area contributed by atoms with Gasteiger partial charge in [-0.1, -0.05) is 25.5 Å². The third kappa shape index (κ3) is 4.76. The van der Waals surface area contributed by atoms with Gasteiger partial charge >= 0.3 is 0 Å². The van der Waals surface area contributed by atoms with Gasteiger partial charge in [-0.05, 0) is 30.5 Å². The van der Waals surface area contributed by atoms with Crippen LogP contribution >= 0.6 is 0 Å². The van der Waals surface area contributed by atoms with Crippen LogP contribution in [0.15, 0.2) is 23.2 Å². The number of aryl methyl sites for hydroxylation is 1. The molecular weight excluding hydrogens is 250 g/mol. The number of nitrogens with zero attached hydrogens (tertiary/aromatic N) is 2. The molecule has 1 aromatic carbocycles. The van der Waals surface area contributed by atoms with Crippen molar-refractivity contribution < 1.29 is 4.74 Å². The van der Waals surface area contributed by atoms with Gasteiger partial charge in [0.2, 0.25) is 0 Å². The first-order valence-electron chi connectivity index (χ1n) is 7.17.